The van der Waals surface area contributed by atoms with E-state index in [2.05, 4.69) is 15.4 Å². The van der Waals surface area contributed by atoms with Crippen molar-refractivity contribution in [1.29, 1.82) is 0 Å². The third-order valence-corrected chi connectivity index (χ3v) is 5.38. The lowest BCUT2D eigenvalue weighted by Gasteiger charge is -2.39. The van der Waals surface area contributed by atoms with E-state index in [0.29, 0.717) is 35.4 Å². The number of hydrazine groups is 1. The molecular formula is C22H29BN4O4. The molecule has 0 saturated carbocycles. The molecule has 31 heavy (non-hydrogen) atoms. The lowest BCUT2D eigenvalue weighted by molar-refractivity contribution is 0.0275. The van der Waals surface area contributed by atoms with Crippen LogP contribution < -0.4 is 10.9 Å². The van der Waals surface area contributed by atoms with Crippen LogP contribution in [0.5, 0.6) is 0 Å². The number of hydrogen-bond acceptors (Lipinski definition) is 6. The van der Waals surface area contributed by atoms with E-state index in [1.807, 2.05) is 27.7 Å². The number of fused-ring (bicyclic) bond motifs is 1. The van der Waals surface area contributed by atoms with Gasteiger partial charge in [-0.05, 0) is 54.9 Å². The molecule has 0 bridgehead atoms. The third kappa shape index (κ3) is 4.94. The first-order valence-corrected chi connectivity index (χ1v) is 10.4. The predicted molar refractivity (Wildman–Crippen MR) is 118 cm³/mol. The minimum Gasteiger partial charge on any atom is -0.423 e. The number of aromatic nitrogens is 2. The zero-order valence-electron chi connectivity index (χ0n) is 18.9. The van der Waals surface area contributed by atoms with Crippen LogP contribution in [0.2, 0.25) is 0 Å². The van der Waals surface area contributed by atoms with Gasteiger partial charge in [0, 0.05) is 17.0 Å². The molecule has 0 fully saturated rings. The topological polar surface area (TPSA) is 105 Å². The smallest absolute Gasteiger partial charge is 0.423 e. The second kappa shape index (κ2) is 8.76. The third-order valence-electron chi connectivity index (χ3n) is 5.38. The molecule has 2 heterocycles. The van der Waals surface area contributed by atoms with Gasteiger partial charge in [-0.25, -0.2) is 15.0 Å². The van der Waals surface area contributed by atoms with Crippen LogP contribution >= 0.6 is 0 Å². The standard InChI is InChI=1S/C22H29BN4O4/c1-7-18(22(4,5)6)27(21(29)19-24-13(2)10-14(3)25-19)26-20(28)15-8-9-16-12-31-23(30)17(16)11-15/h8-11,18,30H,7,12H2,1-6H3,(H,26,28). The molecule has 1 atom stereocenters. The Labute approximate surface area is 183 Å². The van der Waals surface area contributed by atoms with Crippen molar-refractivity contribution in [3.63, 3.8) is 0 Å². The Balaban J connectivity index is 1.96. The fraction of sp³-hybridized carbons (Fsp3) is 0.455. The molecule has 3 rings (SSSR count). The molecule has 8 nitrogen and oxygen atoms in total. The number of aryl methyl sites for hydroxylation is 2. The van der Waals surface area contributed by atoms with Crippen LogP contribution in [0, 0.1) is 19.3 Å². The molecule has 9 heteroatoms. The van der Waals surface area contributed by atoms with Gasteiger partial charge in [-0.15, -0.1) is 0 Å². The summed E-state index contributed by atoms with van der Waals surface area (Å²) >= 11 is 0. The van der Waals surface area contributed by atoms with E-state index in [-0.39, 0.29) is 17.3 Å². The monoisotopic (exact) mass is 424 g/mol. The van der Waals surface area contributed by atoms with Crippen LogP contribution in [0.1, 0.15) is 72.0 Å². The molecule has 2 amide bonds. The van der Waals surface area contributed by atoms with Gasteiger partial charge in [0.15, 0.2) is 0 Å². The van der Waals surface area contributed by atoms with Crippen LogP contribution in [-0.2, 0) is 11.3 Å². The van der Waals surface area contributed by atoms with Gasteiger partial charge in [0.2, 0.25) is 5.82 Å². The second-order valence-corrected chi connectivity index (χ2v) is 8.96. The fourth-order valence-corrected chi connectivity index (χ4v) is 3.91. The molecule has 2 aromatic rings. The summed E-state index contributed by atoms with van der Waals surface area (Å²) in [5, 5.41) is 11.3. The average Bonchev–Trinajstić information content (AvgIpc) is 3.05. The Hall–Kier alpha value is -2.78. The number of rotatable bonds is 4. The van der Waals surface area contributed by atoms with Crippen LogP contribution in [0.15, 0.2) is 24.3 Å². The van der Waals surface area contributed by atoms with Gasteiger partial charge in [0.05, 0.1) is 12.6 Å². The molecule has 0 saturated heterocycles. The van der Waals surface area contributed by atoms with Crippen molar-refractivity contribution < 1.29 is 19.3 Å². The van der Waals surface area contributed by atoms with Gasteiger partial charge in [-0.1, -0.05) is 33.8 Å². The van der Waals surface area contributed by atoms with Gasteiger partial charge < -0.3 is 9.68 Å². The largest absolute Gasteiger partial charge is 0.491 e. The SMILES string of the molecule is CCC(N(NC(=O)c1ccc2c(c1)B(O)OC2)C(=O)c1nc(C)cc(C)n1)C(C)(C)C. The Morgan fingerprint density at radius 1 is 1.23 bits per heavy atom. The summed E-state index contributed by atoms with van der Waals surface area (Å²) in [5.74, 6) is -0.882. The Morgan fingerprint density at radius 3 is 2.45 bits per heavy atom. The molecule has 2 N–H and O–H groups in total. The van der Waals surface area contributed by atoms with Gasteiger partial charge in [-0.3, -0.25) is 15.0 Å². The highest BCUT2D eigenvalue weighted by atomic mass is 16.5. The first-order chi connectivity index (χ1) is 14.5. The molecule has 1 aromatic heterocycles. The molecule has 1 unspecified atom stereocenters. The first-order valence-electron chi connectivity index (χ1n) is 10.4. The normalized spacial score (nSPS) is 14.2. The van der Waals surface area contributed by atoms with Crippen LogP contribution in [-0.4, -0.2) is 45.0 Å². The van der Waals surface area contributed by atoms with Crippen molar-refractivity contribution >= 4 is 24.4 Å². The van der Waals surface area contributed by atoms with E-state index < -0.39 is 18.9 Å². The summed E-state index contributed by atoms with van der Waals surface area (Å²) in [7, 11) is -1.05. The molecule has 164 valence electrons. The number of nitrogens with zero attached hydrogens (tertiary/aromatic N) is 3. The fourth-order valence-electron chi connectivity index (χ4n) is 3.91. The quantitative estimate of drug-likeness (QED) is 0.574. The predicted octanol–water partition coefficient (Wildman–Crippen LogP) is 1.92. The lowest BCUT2D eigenvalue weighted by Crippen LogP contribution is -2.56. The maximum Gasteiger partial charge on any atom is 0.491 e. The van der Waals surface area contributed by atoms with Crippen LogP contribution in [0.25, 0.3) is 0 Å². The lowest BCUT2D eigenvalue weighted by atomic mass is 9.79. The molecule has 1 aromatic carbocycles. The molecule has 0 spiro atoms. The summed E-state index contributed by atoms with van der Waals surface area (Å²) in [6.45, 7) is 11.9. The molecule has 1 aliphatic rings. The van der Waals surface area contributed by atoms with Gasteiger partial charge in [0.1, 0.15) is 0 Å². The van der Waals surface area contributed by atoms with Gasteiger partial charge in [0.25, 0.3) is 5.91 Å². The summed E-state index contributed by atoms with van der Waals surface area (Å²) in [6, 6.07) is 6.50. The van der Waals surface area contributed by atoms with E-state index in [4.69, 9.17) is 4.65 Å². The van der Waals surface area contributed by atoms with Crippen molar-refractivity contribution in [2.45, 2.75) is 60.6 Å². The number of carbonyl (C=O) groups is 2. The van der Waals surface area contributed by atoms with Crippen molar-refractivity contribution in [2.24, 2.45) is 5.41 Å². The van der Waals surface area contributed by atoms with Gasteiger partial charge >= 0.3 is 13.0 Å². The van der Waals surface area contributed by atoms with E-state index >= 15 is 0 Å². The Bertz CT molecular complexity index is 985. The molecule has 0 aliphatic carbocycles. The summed E-state index contributed by atoms with van der Waals surface area (Å²) in [4.78, 5) is 35.1. The van der Waals surface area contributed by atoms with E-state index in [1.165, 1.54) is 5.01 Å². The maximum atomic E-state index is 13.4. The first kappa shape index (κ1) is 22.9. The van der Waals surface area contributed by atoms with Crippen molar-refractivity contribution in [3.05, 3.63) is 52.6 Å². The number of benzene rings is 1. The zero-order valence-corrected chi connectivity index (χ0v) is 18.9. The highest BCUT2D eigenvalue weighted by Crippen LogP contribution is 2.27. The Morgan fingerprint density at radius 2 is 1.87 bits per heavy atom. The minimum atomic E-state index is -1.05. The van der Waals surface area contributed by atoms with Crippen LogP contribution in [0.3, 0.4) is 0 Å². The zero-order chi connectivity index (χ0) is 22.9. The van der Waals surface area contributed by atoms with Crippen LogP contribution in [0.4, 0.5) is 0 Å². The summed E-state index contributed by atoms with van der Waals surface area (Å²) < 4.78 is 5.20. The number of carbonyl (C=O) groups excluding carboxylic acids is 2. The minimum absolute atomic E-state index is 0.0401. The second-order valence-electron chi connectivity index (χ2n) is 8.96. The number of nitrogens with one attached hydrogen (secondary N) is 1. The number of hydrogen-bond donors (Lipinski definition) is 2. The summed E-state index contributed by atoms with van der Waals surface area (Å²) in [6.07, 6.45) is 0.622. The number of amides is 2. The summed E-state index contributed by atoms with van der Waals surface area (Å²) in [5.41, 5.74) is 5.55. The molecular weight excluding hydrogens is 395 g/mol. The molecule has 1 aliphatic heterocycles. The Kier molecular flexibility index (Phi) is 6.47. The van der Waals surface area contributed by atoms with Crippen molar-refractivity contribution in [2.75, 3.05) is 0 Å². The highest BCUT2D eigenvalue weighted by Gasteiger charge is 2.36. The average molecular weight is 424 g/mol. The van der Waals surface area contributed by atoms with E-state index in [0.717, 1.165) is 5.56 Å². The van der Waals surface area contributed by atoms with Crippen molar-refractivity contribution in [3.8, 4) is 0 Å². The maximum absolute atomic E-state index is 13.4. The van der Waals surface area contributed by atoms with Gasteiger partial charge in [-0.2, -0.15) is 0 Å². The van der Waals surface area contributed by atoms with Crippen molar-refractivity contribution in [1.82, 2.24) is 20.4 Å². The van der Waals surface area contributed by atoms with E-state index in [9.17, 15) is 14.6 Å². The molecule has 0 radical (unpaired) electrons. The highest BCUT2D eigenvalue weighted by molar-refractivity contribution is 6.61. The van der Waals surface area contributed by atoms with E-state index in [1.54, 1.807) is 38.1 Å².